The first-order chi connectivity index (χ1) is 14.9. The predicted octanol–water partition coefficient (Wildman–Crippen LogP) is 4.61. The molecule has 8 heteroatoms. The summed E-state index contributed by atoms with van der Waals surface area (Å²) in [7, 11) is 0. The minimum Gasteiger partial charge on any atom is -0.482 e. The molecule has 2 unspecified atom stereocenters. The fourth-order valence-electron chi connectivity index (χ4n) is 3.82. The minimum absolute atomic E-state index is 0.197. The second-order valence-electron chi connectivity index (χ2n) is 7.72. The monoisotopic (exact) mass is 458 g/mol. The number of nitrogen functional groups attached to an aromatic ring is 1. The Kier molecular flexibility index (Phi) is 6.62. The second-order valence-corrected chi connectivity index (χ2v) is 8.53. The first-order valence-electron chi connectivity index (χ1n) is 10.1. The van der Waals surface area contributed by atoms with E-state index in [1.807, 2.05) is 31.3 Å². The molecule has 1 aliphatic rings. The summed E-state index contributed by atoms with van der Waals surface area (Å²) >= 11 is 12.6. The zero-order valence-corrected chi connectivity index (χ0v) is 18.6. The Balaban J connectivity index is 1.55. The molecule has 2 aromatic heterocycles. The molecule has 162 valence electrons. The van der Waals surface area contributed by atoms with Gasteiger partial charge in [-0.05, 0) is 37.6 Å². The molecule has 1 fully saturated rings. The molecular formula is C23H24Cl2N4O2. The molecule has 6 nitrogen and oxygen atoms in total. The van der Waals surface area contributed by atoms with Gasteiger partial charge < -0.3 is 20.9 Å². The van der Waals surface area contributed by atoms with Crippen molar-refractivity contribution in [3.05, 3.63) is 70.1 Å². The van der Waals surface area contributed by atoms with E-state index in [1.165, 1.54) is 0 Å². The van der Waals surface area contributed by atoms with Gasteiger partial charge in [0.05, 0.1) is 6.10 Å². The molecule has 1 saturated heterocycles. The first-order valence-corrected chi connectivity index (χ1v) is 10.9. The topological polar surface area (TPSA) is 93.3 Å². The number of benzene rings is 1. The van der Waals surface area contributed by atoms with Gasteiger partial charge in [-0.2, -0.15) is 0 Å². The Hall–Kier alpha value is -2.38. The maximum atomic E-state index is 9.88. The van der Waals surface area contributed by atoms with Gasteiger partial charge in [-0.25, -0.2) is 4.98 Å². The maximum Gasteiger partial charge on any atom is 0.166 e. The number of halogens is 2. The quantitative estimate of drug-likeness (QED) is 0.516. The zero-order valence-electron chi connectivity index (χ0n) is 17.1. The van der Waals surface area contributed by atoms with Crippen molar-refractivity contribution in [1.82, 2.24) is 15.3 Å². The lowest BCUT2D eigenvalue weighted by Crippen LogP contribution is -2.38. The summed E-state index contributed by atoms with van der Waals surface area (Å²) in [5, 5.41) is 14.2. The molecule has 31 heavy (non-hydrogen) atoms. The Morgan fingerprint density at radius 1 is 1.10 bits per heavy atom. The van der Waals surface area contributed by atoms with Crippen LogP contribution in [0.2, 0.25) is 10.0 Å². The molecular weight excluding hydrogens is 435 g/mol. The summed E-state index contributed by atoms with van der Waals surface area (Å²) in [6.45, 7) is 3.31. The number of ether oxygens (including phenoxy) is 1. The van der Waals surface area contributed by atoms with E-state index in [-0.39, 0.29) is 17.8 Å². The lowest BCUT2D eigenvalue weighted by atomic mass is 9.93. The van der Waals surface area contributed by atoms with Crippen LogP contribution in [0.4, 0.5) is 5.82 Å². The summed E-state index contributed by atoms with van der Waals surface area (Å²) in [5.74, 6) is 0.928. The molecule has 0 aliphatic carbocycles. The second kappa shape index (κ2) is 9.40. The predicted molar refractivity (Wildman–Crippen MR) is 124 cm³/mol. The number of aliphatic hydroxyl groups excluding tert-OH is 1. The first kappa shape index (κ1) is 21.8. The van der Waals surface area contributed by atoms with Crippen LogP contribution in [0.3, 0.4) is 0 Å². The fourth-order valence-corrected chi connectivity index (χ4v) is 4.52. The number of rotatable bonds is 5. The van der Waals surface area contributed by atoms with Crippen LogP contribution in [0, 0.1) is 0 Å². The molecule has 4 rings (SSSR count). The van der Waals surface area contributed by atoms with E-state index in [0.717, 1.165) is 23.4 Å². The number of hydrogen-bond acceptors (Lipinski definition) is 6. The van der Waals surface area contributed by atoms with E-state index in [9.17, 15) is 5.11 Å². The number of nitrogens with one attached hydrogen (secondary N) is 1. The van der Waals surface area contributed by atoms with Gasteiger partial charge in [0.15, 0.2) is 11.6 Å². The van der Waals surface area contributed by atoms with Crippen molar-refractivity contribution in [1.29, 1.82) is 0 Å². The van der Waals surface area contributed by atoms with Crippen LogP contribution in [0.25, 0.3) is 11.1 Å². The normalized spacial score (nSPS) is 19.7. The molecule has 3 aromatic rings. The molecule has 1 aliphatic heterocycles. The number of nitrogens with two attached hydrogens (primary N) is 1. The summed E-state index contributed by atoms with van der Waals surface area (Å²) in [6, 6.07) is 11.2. The van der Waals surface area contributed by atoms with E-state index < -0.39 is 6.10 Å². The highest BCUT2D eigenvalue weighted by atomic mass is 35.5. The smallest absolute Gasteiger partial charge is 0.166 e. The third-order valence-corrected chi connectivity index (χ3v) is 6.12. The lowest BCUT2D eigenvalue weighted by molar-refractivity contribution is 0.131. The van der Waals surface area contributed by atoms with E-state index >= 15 is 0 Å². The highest BCUT2D eigenvalue weighted by Crippen LogP contribution is 2.35. The zero-order chi connectivity index (χ0) is 22.0. The van der Waals surface area contributed by atoms with E-state index in [1.54, 1.807) is 24.4 Å². The molecule has 0 amide bonds. The van der Waals surface area contributed by atoms with Gasteiger partial charge in [-0.3, -0.25) is 4.98 Å². The highest BCUT2D eigenvalue weighted by Gasteiger charge is 2.22. The number of aliphatic hydroxyl groups is 1. The fraction of sp³-hybridized carbons (Fsp3) is 0.304. The number of hydrogen-bond donors (Lipinski definition) is 3. The number of nitrogens with zero attached hydrogens (tertiary/aromatic N) is 2. The Bertz CT molecular complexity index is 1040. The van der Waals surface area contributed by atoms with E-state index in [0.29, 0.717) is 34.3 Å². The van der Waals surface area contributed by atoms with Crippen molar-refractivity contribution < 1.29 is 9.84 Å². The highest BCUT2D eigenvalue weighted by molar-refractivity contribution is 6.36. The van der Waals surface area contributed by atoms with Crippen molar-refractivity contribution in [3.63, 3.8) is 0 Å². The van der Waals surface area contributed by atoms with Crippen LogP contribution in [0.15, 0.2) is 48.8 Å². The molecule has 3 atom stereocenters. The molecule has 0 bridgehead atoms. The lowest BCUT2D eigenvalue weighted by Gasteiger charge is -2.26. The largest absolute Gasteiger partial charge is 0.482 e. The molecule has 1 aromatic carbocycles. The molecule has 0 saturated carbocycles. The number of anilines is 1. The Labute approximate surface area is 191 Å². The maximum absolute atomic E-state index is 9.88. The van der Waals surface area contributed by atoms with E-state index in [2.05, 4.69) is 15.3 Å². The minimum atomic E-state index is -0.411. The summed E-state index contributed by atoms with van der Waals surface area (Å²) < 4.78 is 6.07. The summed E-state index contributed by atoms with van der Waals surface area (Å²) in [5.41, 5.74) is 9.44. The third kappa shape index (κ3) is 4.93. The van der Waals surface area contributed by atoms with E-state index in [4.69, 9.17) is 33.7 Å². The van der Waals surface area contributed by atoms with Crippen molar-refractivity contribution in [2.45, 2.75) is 31.5 Å². The average molecular weight is 459 g/mol. The van der Waals surface area contributed by atoms with Crippen LogP contribution in [0.1, 0.15) is 36.6 Å². The van der Waals surface area contributed by atoms with Gasteiger partial charge in [0.2, 0.25) is 0 Å². The third-order valence-electron chi connectivity index (χ3n) is 5.46. The van der Waals surface area contributed by atoms with Gasteiger partial charge in [-0.15, -0.1) is 0 Å². The van der Waals surface area contributed by atoms with Gasteiger partial charge in [0.1, 0.15) is 6.10 Å². The molecule has 3 heterocycles. The molecule has 0 spiro atoms. The summed E-state index contributed by atoms with van der Waals surface area (Å²) in [4.78, 5) is 8.90. The number of β-amino-alcohol motifs (C(OH)–C–C–N with tert-alkyl or cyclic N) is 1. The summed E-state index contributed by atoms with van der Waals surface area (Å²) in [6.07, 6.45) is 3.46. The number of aromatic nitrogens is 2. The number of piperidine rings is 1. The van der Waals surface area contributed by atoms with Gasteiger partial charge in [0.25, 0.3) is 0 Å². The van der Waals surface area contributed by atoms with Crippen molar-refractivity contribution in [2.75, 3.05) is 18.8 Å². The SMILES string of the molecule is CC(Oc1cc(-c2ccc(C3CNC[C@H](O)C3)nc2)cnc1N)c1c(Cl)cccc1Cl. The van der Waals surface area contributed by atoms with Crippen LogP contribution in [-0.2, 0) is 0 Å². The standard InChI is InChI=1S/C23H24Cl2N4O2/c1-13(22-18(24)3-2-4-19(22)25)31-21-8-15(11-29-23(21)26)14-5-6-20(28-10-14)16-7-17(30)12-27-9-16/h2-6,8,10-11,13,16-17,27,30H,7,9,12H2,1H3,(H2,26,29)/t13?,16?,17-/m1/s1. The van der Waals surface area contributed by atoms with Gasteiger partial charge >= 0.3 is 0 Å². The Morgan fingerprint density at radius 2 is 1.84 bits per heavy atom. The molecule has 4 N–H and O–H groups in total. The van der Waals surface area contributed by atoms with Crippen molar-refractivity contribution in [2.24, 2.45) is 0 Å². The van der Waals surface area contributed by atoms with Crippen LogP contribution in [-0.4, -0.2) is 34.3 Å². The van der Waals surface area contributed by atoms with Crippen LogP contribution >= 0.6 is 23.2 Å². The van der Waals surface area contributed by atoms with Gasteiger partial charge in [0, 0.05) is 63.8 Å². The molecule has 0 radical (unpaired) electrons. The van der Waals surface area contributed by atoms with Crippen molar-refractivity contribution >= 4 is 29.0 Å². The average Bonchev–Trinajstić information content (AvgIpc) is 2.75. The van der Waals surface area contributed by atoms with Crippen molar-refractivity contribution in [3.8, 4) is 16.9 Å². The van der Waals surface area contributed by atoms with Crippen LogP contribution in [0.5, 0.6) is 5.75 Å². The van der Waals surface area contributed by atoms with Crippen LogP contribution < -0.4 is 15.8 Å². The Morgan fingerprint density at radius 3 is 2.52 bits per heavy atom. The van der Waals surface area contributed by atoms with Gasteiger partial charge in [-0.1, -0.05) is 35.3 Å². The number of pyridine rings is 2.